The van der Waals surface area contributed by atoms with E-state index in [1.165, 1.54) is 0 Å². The number of aromatic nitrogens is 1. The monoisotopic (exact) mass is 400 g/mol. The van der Waals surface area contributed by atoms with Gasteiger partial charge in [-0.1, -0.05) is 6.07 Å². The number of hydrogen-bond donors (Lipinski definition) is 1. The molecule has 2 aliphatic rings. The topological polar surface area (TPSA) is 91.3 Å². The molecule has 30 heavy (non-hydrogen) atoms. The Balaban J connectivity index is 1.38. The summed E-state index contributed by atoms with van der Waals surface area (Å²) < 4.78 is 7.26. The molecule has 7 nitrogen and oxygen atoms in total. The number of piperidine rings is 1. The number of anilines is 1. The summed E-state index contributed by atoms with van der Waals surface area (Å²) in [5, 5.41) is 11.9. The Morgan fingerprint density at radius 3 is 2.83 bits per heavy atom. The lowest BCUT2D eigenvalue weighted by molar-refractivity contribution is 0.139. The Morgan fingerprint density at radius 2 is 2.03 bits per heavy atom. The molecule has 2 amide bonds. The van der Waals surface area contributed by atoms with Crippen molar-refractivity contribution in [3.63, 3.8) is 0 Å². The van der Waals surface area contributed by atoms with Crippen molar-refractivity contribution in [3.05, 3.63) is 76.4 Å². The normalized spacial score (nSPS) is 19.6. The van der Waals surface area contributed by atoms with Crippen LogP contribution in [0, 0.1) is 17.2 Å². The van der Waals surface area contributed by atoms with E-state index in [-0.39, 0.29) is 23.4 Å². The van der Waals surface area contributed by atoms with E-state index in [4.69, 9.17) is 9.68 Å². The third-order valence-electron chi connectivity index (χ3n) is 5.92. The summed E-state index contributed by atoms with van der Waals surface area (Å²) in [6.45, 7) is 1.74. The van der Waals surface area contributed by atoms with Gasteiger partial charge in [0, 0.05) is 36.9 Å². The van der Waals surface area contributed by atoms with Crippen molar-refractivity contribution in [1.82, 2.24) is 9.47 Å². The lowest BCUT2D eigenvalue weighted by Gasteiger charge is -2.42. The van der Waals surface area contributed by atoms with Crippen LogP contribution in [-0.4, -0.2) is 28.6 Å². The molecule has 0 saturated carbocycles. The van der Waals surface area contributed by atoms with Gasteiger partial charge in [-0.2, -0.15) is 5.26 Å². The number of urea groups is 1. The number of benzene rings is 1. The van der Waals surface area contributed by atoms with E-state index in [0.29, 0.717) is 42.2 Å². The molecular formula is C23H20N4O3. The second-order valence-electron chi connectivity index (χ2n) is 7.89. The van der Waals surface area contributed by atoms with Crippen LogP contribution in [0.3, 0.4) is 0 Å². The van der Waals surface area contributed by atoms with Gasteiger partial charge in [-0.3, -0.25) is 4.79 Å². The van der Waals surface area contributed by atoms with Gasteiger partial charge in [-0.25, -0.2) is 4.79 Å². The highest BCUT2D eigenvalue weighted by Gasteiger charge is 2.36. The van der Waals surface area contributed by atoms with Crippen LogP contribution in [-0.2, 0) is 6.54 Å². The van der Waals surface area contributed by atoms with Gasteiger partial charge >= 0.3 is 6.03 Å². The van der Waals surface area contributed by atoms with E-state index in [1.807, 2.05) is 21.6 Å². The Labute approximate surface area is 173 Å². The summed E-state index contributed by atoms with van der Waals surface area (Å²) >= 11 is 0. The molecule has 2 aliphatic heterocycles. The zero-order chi connectivity index (χ0) is 20.7. The number of nitriles is 1. The highest BCUT2D eigenvalue weighted by molar-refractivity contribution is 5.89. The molecule has 5 rings (SSSR count). The zero-order valence-corrected chi connectivity index (χ0v) is 16.2. The van der Waals surface area contributed by atoms with E-state index in [1.54, 1.807) is 42.7 Å². The molecule has 1 N–H and O–H groups in total. The van der Waals surface area contributed by atoms with Crippen molar-refractivity contribution in [2.75, 3.05) is 18.4 Å². The van der Waals surface area contributed by atoms with Crippen molar-refractivity contribution in [2.24, 2.45) is 5.92 Å². The second kappa shape index (κ2) is 7.23. The number of rotatable bonds is 2. The van der Waals surface area contributed by atoms with Gasteiger partial charge in [-0.15, -0.1) is 0 Å². The van der Waals surface area contributed by atoms with Crippen molar-refractivity contribution in [3.8, 4) is 17.4 Å². The SMILES string of the molecule is N#Cc1cccc(NC(=O)N2CC3CC(C2)c2ccc(-c4ccco4)c(=O)n2C3)c1. The summed E-state index contributed by atoms with van der Waals surface area (Å²) in [5.74, 6) is 0.913. The summed E-state index contributed by atoms with van der Waals surface area (Å²) in [4.78, 5) is 27.7. The maximum absolute atomic E-state index is 13.0. The number of pyridine rings is 1. The number of furan rings is 1. The molecule has 2 aromatic heterocycles. The second-order valence-corrected chi connectivity index (χ2v) is 7.89. The Morgan fingerprint density at radius 1 is 1.13 bits per heavy atom. The van der Waals surface area contributed by atoms with Crippen molar-refractivity contribution >= 4 is 11.7 Å². The van der Waals surface area contributed by atoms with Crippen molar-refractivity contribution < 1.29 is 9.21 Å². The van der Waals surface area contributed by atoms with Crippen LogP contribution < -0.4 is 10.9 Å². The molecular weight excluding hydrogens is 380 g/mol. The van der Waals surface area contributed by atoms with Crippen LogP contribution in [0.25, 0.3) is 11.3 Å². The van der Waals surface area contributed by atoms with E-state index in [0.717, 1.165) is 12.1 Å². The minimum absolute atomic E-state index is 0.0385. The average molecular weight is 400 g/mol. The molecule has 2 atom stereocenters. The summed E-state index contributed by atoms with van der Waals surface area (Å²) in [7, 11) is 0. The Hall–Kier alpha value is -3.79. The number of nitrogens with zero attached hydrogens (tertiary/aromatic N) is 3. The lowest BCUT2D eigenvalue weighted by Crippen LogP contribution is -2.50. The molecule has 2 unspecified atom stereocenters. The Bertz CT molecular complexity index is 1210. The number of amides is 2. The fourth-order valence-electron chi connectivity index (χ4n) is 4.60. The summed E-state index contributed by atoms with van der Waals surface area (Å²) in [6, 6.07) is 16.2. The molecule has 7 heteroatoms. The molecule has 3 aromatic rings. The van der Waals surface area contributed by atoms with Gasteiger partial charge in [0.25, 0.3) is 5.56 Å². The van der Waals surface area contributed by atoms with Gasteiger partial charge in [0.2, 0.25) is 0 Å². The minimum Gasteiger partial charge on any atom is -0.464 e. The number of carbonyl (C=O) groups is 1. The fourth-order valence-corrected chi connectivity index (χ4v) is 4.60. The Kier molecular flexibility index (Phi) is 4.40. The first-order valence-electron chi connectivity index (χ1n) is 9.96. The van der Waals surface area contributed by atoms with Gasteiger partial charge in [0.15, 0.2) is 0 Å². The molecule has 150 valence electrons. The van der Waals surface area contributed by atoms with Crippen LogP contribution in [0.5, 0.6) is 0 Å². The van der Waals surface area contributed by atoms with Gasteiger partial charge in [0.05, 0.1) is 23.5 Å². The maximum atomic E-state index is 13.0. The smallest absolute Gasteiger partial charge is 0.321 e. The average Bonchev–Trinajstić information content (AvgIpc) is 3.29. The molecule has 1 saturated heterocycles. The predicted octanol–water partition coefficient (Wildman–Crippen LogP) is 3.63. The van der Waals surface area contributed by atoms with Crippen LogP contribution in [0.2, 0.25) is 0 Å². The zero-order valence-electron chi connectivity index (χ0n) is 16.2. The predicted molar refractivity (Wildman–Crippen MR) is 111 cm³/mol. The molecule has 4 heterocycles. The highest BCUT2D eigenvalue weighted by atomic mass is 16.3. The van der Waals surface area contributed by atoms with Gasteiger partial charge in [-0.05, 0) is 54.8 Å². The molecule has 0 spiro atoms. The van der Waals surface area contributed by atoms with Crippen LogP contribution in [0.15, 0.2) is 64.0 Å². The number of nitrogens with one attached hydrogen (secondary N) is 1. The minimum atomic E-state index is -0.178. The number of fused-ring (bicyclic) bond motifs is 4. The fraction of sp³-hybridized carbons (Fsp3) is 0.261. The maximum Gasteiger partial charge on any atom is 0.321 e. The summed E-state index contributed by atoms with van der Waals surface area (Å²) in [6.07, 6.45) is 2.53. The van der Waals surface area contributed by atoms with Gasteiger partial charge in [0.1, 0.15) is 5.76 Å². The summed E-state index contributed by atoms with van der Waals surface area (Å²) in [5.41, 5.74) is 2.60. The third-order valence-corrected chi connectivity index (χ3v) is 5.92. The molecule has 1 aromatic carbocycles. The number of likely N-dealkylation sites (tertiary alicyclic amines) is 1. The molecule has 0 aliphatic carbocycles. The van der Waals surface area contributed by atoms with E-state index < -0.39 is 0 Å². The van der Waals surface area contributed by atoms with Crippen LogP contribution >= 0.6 is 0 Å². The van der Waals surface area contributed by atoms with E-state index >= 15 is 0 Å². The molecule has 1 fully saturated rings. The molecule has 2 bridgehead atoms. The first kappa shape index (κ1) is 18.3. The lowest BCUT2D eigenvalue weighted by atomic mass is 9.83. The standard InChI is InChI=1S/C23H20N4O3/c24-11-15-3-1-4-18(10-15)25-23(29)26-12-16-9-17(14-26)20-7-6-19(21-5-2-8-30-21)22(28)27(20)13-16/h1-8,10,16-17H,9,12-14H2,(H,25,29). The highest BCUT2D eigenvalue weighted by Crippen LogP contribution is 2.36. The van der Waals surface area contributed by atoms with Crippen LogP contribution in [0.1, 0.15) is 23.6 Å². The molecule has 0 radical (unpaired) electrons. The first-order valence-corrected chi connectivity index (χ1v) is 9.96. The number of hydrogen-bond acceptors (Lipinski definition) is 4. The van der Waals surface area contributed by atoms with E-state index in [9.17, 15) is 9.59 Å². The quantitative estimate of drug-likeness (QED) is 0.711. The van der Waals surface area contributed by atoms with Crippen molar-refractivity contribution in [1.29, 1.82) is 5.26 Å². The number of carbonyl (C=O) groups excluding carboxylic acids is 1. The van der Waals surface area contributed by atoms with Crippen molar-refractivity contribution in [2.45, 2.75) is 18.9 Å². The van der Waals surface area contributed by atoms with E-state index in [2.05, 4.69) is 11.4 Å². The van der Waals surface area contributed by atoms with Crippen LogP contribution in [0.4, 0.5) is 10.5 Å². The first-order chi connectivity index (χ1) is 14.6. The van der Waals surface area contributed by atoms with Gasteiger partial charge < -0.3 is 19.2 Å². The largest absolute Gasteiger partial charge is 0.464 e. The third kappa shape index (κ3) is 3.16.